The zero-order valence-corrected chi connectivity index (χ0v) is 18.3. The molecule has 32 heavy (non-hydrogen) atoms. The standard InChI is InChI=1S/C28H20NO2P/c1-4-10-22-19(7-1)13-15-25-27(22)28-23-11-5-2-8-20(23)14-16-26(28)31-32(30-25)29-18-17-21-9-3-6-12-24(21)29/h1-16H,17-18H2. The molecular formula is C28H20NO2P. The molecule has 0 atom stereocenters. The van der Waals surface area contributed by atoms with E-state index in [-0.39, 0.29) is 0 Å². The lowest BCUT2D eigenvalue weighted by molar-refractivity contribution is 0.635. The fourth-order valence-corrected chi connectivity index (χ4v) is 6.46. The molecule has 0 saturated carbocycles. The summed E-state index contributed by atoms with van der Waals surface area (Å²) in [5, 5.41) is 7.01. The van der Waals surface area contributed by atoms with Gasteiger partial charge in [0, 0.05) is 17.3 Å². The van der Waals surface area contributed by atoms with E-state index < -0.39 is 8.16 Å². The van der Waals surface area contributed by atoms with Crippen LogP contribution in [0.1, 0.15) is 5.56 Å². The molecule has 5 aromatic carbocycles. The second kappa shape index (κ2) is 6.91. The minimum atomic E-state index is -1.34. The topological polar surface area (TPSA) is 29.5 Å². The highest BCUT2D eigenvalue weighted by molar-refractivity contribution is 7.39. The highest BCUT2D eigenvalue weighted by Crippen LogP contribution is 2.46. The minimum Gasteiger partial charge on any atom is -0.404 e. The quantitative estimate of drug-likeness (QED) is 0.261. The maximum absolute atomic E-state index is 6.71. The van der Waals surface area contributed by atoms with Crippen LogP contribution in [0.15, 0.2) is 105 Å². The molecule has 0 unspecified atom stereocenters. The Bertz CT molecular complexity index is 1600. The predicted octanol–water partition coefficient (Wildman–Crippen LogP) is 8.42. The lowest BCUT2D eigenvalue weighted by Crippen LogP contribution is -2.08. The van der Waals surface area contributed by atoms with Crippen molar-refractivity contribution < 1.29 is 8.39 Å². The molecule has 2 heterocycles. The van der Waals surface area contributed by atoms with Crippen LogP contribution in [0.4, 0.5) is 5.69 Å². The van der Waals surface area contributed by atoms with Crippen LogP contribution >= 0.6 is 8.16 Å². The highest BCUT2D eigenvalue weighted by Gasteiger charge is 2.24. The minimum absolute atomic E-state index is 0.884. The van der Waals surface area contributed by atoms with Crippen LogP contribution in [0.2, 0.25) is 0 Å². The number of benzene rings is 5. The zero-order chi connectivity index (χ0) is 21.1. The van der Waals surface area contributed by atoms with Crippen LogP contribution in [0, 0.1) is 0 Å². The van der Waals surface area contributed by atoms with Gasteiger partial charge in [0.15, 0.2) is 0 Å². The molecule has 4 heteroatoms. The Balaban J connectivity index is 1.68. The molecule has 6 aromatic rings. The van der Waals surface area contributed by atoms with Crippen molar-refractivity contribution in [1.82, 2.24) is 0 Å². The first-order valence-electron chi connectivity index (χ1n) is 10.9. The molecule has 7 rings (SSSR count). The van der Waals surface area contributed by atoms with Crippen molar-refractivity contribution in [3.05, 3.63) is 103 Å². The maximum Gasteiger partial charge on any atom is 0.341 e. The lowest BCUT2D eigenvalue weighted by Gasteiger charge is -2.14. The smallest absolute Gasteiger partial charge is 0.341 e. The zero-order valence-electron chi connectivity index (χ0n) is 17.4. The molecule has 1 aliphatic heterocycles. The number of para-hydroxylation sites is 1. The Morgan fingerprint density at radius 2 is 1.16 bits per heavy atom. The van der Waals surface area contributed by atoms with Crippen molar-refractivity contribution in [2.24, 2.45) is 0 Å². The summed E-state index contributed by atoms with van der Waals surface area (Å²) in [5.74, 6) is 0. The van der Waals surface area contributed by atoms with Crippen LogP contribution in [-0.4, -0.2) is 6.54 Å². The summed E-state index contributed by atoms with van der Waals surface area (Å²) < 4.78 is 15.7. The second-order valence-corrected chi connectivity index (χ2v) is 9.57. The van der Waals surface area contributed by atoms with Crippen molar-refractivity contribution >= 4 is 57.3 Å². The molecule has 0 aliphatic carbocycles. The average Bonchev–Trinajstić information content (AvgIpc) is 3.19. The number of hydrogen-bond donors (Lipinski definition) is 0. The van der Waals surface area contributed by atoms with Gasteiger partial charge in [-0.25, -0.2) is 0 Å². The van der Waals surface area contributed by atoms with E-state index in [9.17, 15) is 0 Å². The number of anilines is 1. The normalized spacial score (nSPS) is 13.3. The van der Waals surface area contributed by atoms with Gasteiger partial charge in [-0.2, -0.15) is 0 Å². The monoisotopic (exact) mass is 433 g/mol. The molecule has 3 nitrogen and oxygen atoms in total. The van der Waals surface area contributed by atoms with Gasteiger partial charge in [0.25, 0.3) is 0 Å². The Kier molecular flexibility index (Phi) is 3.88. The van der Waals surface area contributed by atoms with Crippen molar-refractivity contribution in [2.75, 3.05) is 11.2 Å². The first-order chi connectivity index (χ1) is 15.9. The van der Waals surface area contributed by atoms with Gasteiger partial charge < -0.3 is 8.39 Å². The highest BCUT2D eigenvalue weighted by atomic mass is 31.1. The van der Waals surface area contributed by atoms with E-state index in [1.165, 1.54) is 32.8 Å². The van der Waals surface area contributed by atoms with Gasteiger partial charge in [-0.3, -0.25) is 4.67 Å². The van der Waals surface area contributed by atoms with E-state index in [1.807, 2.05) is 0 Å². The molecule has 0 N–H and O–H groups in total. The predicted molar refractivity (Wildman–Crippen MR) is 134 cm³/mol. The van der Waals surface area contributed by atoms with Crippen LogP contribution in [-0.2, 0) is 6.42 Å². The molecule has 154 valence electrons. The Morgan fingerprint density at radius 3 is 1.81 bits per heavy atom. The second-order valence-electron chi connectivity index (χ2n) is 8.24. The van der Waals surface area contributed by atoms with E-state index in [0.717, 1.165) is 34.9 Å². The summed E-state index contributed by atoms with van der Waals surface area (Å²) in [7, 11) is -1.34. The van der Waals surface area contributed by atoms with Gasteiger partial charge in [-0.05, 0) is 51.7 Å². The summed E-state index contributed by atoms with van der Waals surface area (Å²) in [6, 6.07) is 34.1. The summed E-state index contributed by atoms with van der Waals surface area (Å²) in [4.78, 5) is 0. The molecule has 0 radical (unpaired) electrons. The molecule has 0 saturated heterocycles. The third-order valence-corrected chi connectivity index (χ3v) is 7.96. The molecule has 0 amide bonds. The van der Waals surface area contributed by atoms with Crippen molar-refractivity contribution in [3.8, 4) is 0 Å². The summed E-state index contributed by atoms with van der Waals surface area (Å²) in [5.41, 5.74) is 4.33. The molecule has 0 bridgehead atoms. The maximum atomic E-state index is 6.71. The first-order valence-corrected chi connectivity index (χ1v) is 12.1. The Morgan fingerprint density at radius 1 is 0.594 bits per heavy atom. The van der Waals surface area contributed by atoms with Gasteiger partial charge in [-0.1, -0.05) is 78.9 Å². The molecule has 1 aromatic heterocycles. The van der Waals surface area contributed by atoms with E-state index in [4.69, 9.17) is 8.39 Å². The Hall–Kier alpha value is -3.68. The van der Waals surface area contributed by atoms with Crippen molar-refractivity contribution in [1.29, 1.82) is 0 Å². The molecule has 0 spiro atoms. The number of nitrogens with zero attached hydrogens (tertiary/aromatic N) is 1. The number of fused-ring (bicyclic) bond motifs is 8. The van der Waals surface area contributed by atoms with Crippen molar-refractivity contribution in [3.63, 3.8) is 0 Å². The van der Waals surface area contributed by atoms with Gasteiger partial charge in [0.2, 0.25) is 0 Å². The molecule has 0 fully saturated rings. The van der Waals surface area contributed by atoms with E-state index >= 15 is 0 Å². The van der Waals surface area contributed by atoms with Gasteiger partial charge in [0.05, 0.1) is 5.69 Å². The third kappa shape index (κ3) is 2.62. The molecular weight excluding hydrogens is 413 g/mol. The van der Waals surface area contributed by atoms with Crippen LogP contribution in [0.5, 0.6) is 0 Å². The number of rotatable bonds is 1. The largest absolute Gasteiger partial charge is 0.404 e. The van der Waals surface area contributed by atoms with Crippen LogP contribution in [0.3, 0.4) is 0 Å². The SMILES string of the molecule is c1ccc2c(c1)CCN2p1oc2ccc3ccccc3c2c2c(ccc3ccccc32)o1. The van der Waals surface area contributed by atoms with Gasteiger partial charge in [-0.15, -0.1) is 0 Å². The van der Waals surface area contributed by atoms with Crippen LogP contribution < -0.4 is 4.67 Å². The van der Waals surface area contributed by atoms with E-state index in [2.05, 4.69) is 102 Å². The van der Waals surface area contributed by atoms with Gasteiger partial charge in [0.1, 0.15) is 11.2 Å². The summed E-state index contributed by atoms with van der Waals surface area (Å²) >= 11 is 0. The summed E-state index contributed by atoms with van der Waals surface area (Å²) in [6.07, 6.45) is 1.01. The van der Waals surface area contributed by atoms with Crippen molar-refractivity contribution in [2.45, 2.75) is 6.42 Å². The van der Waals surface area contributed by atoms with Gasteiger partial charge >= 0.3 is 8.16 Å². The third-order valence-electron chi connectivity index (χ3n) is 6.44. The fourth-order valence-electron chi connectivity index (χ4n) is 4.95. The van der Waals surface area contributed by atoms with E-state index in [0.29, 0.717) is 0 Å². The summed E-state index contributed by atoms with van der Waals surface area (Å²) in [6.45, 7) is 0.900. The average molecular weight is 433 g/mol. The van der Waals surface area contributed by atoms with E-state index in [1.54, 1.807) is 0 Å². The number of hydrogen-bond acceptors (Lipinski definition) is 3. The van der Waals surface area contributed by atoms with Crippen LogP contribution in [0.25, 0.3) is 43.5 Å². The molecule has 1 aliphatic rings. The first kappa shape index (κ1) is 17.9. The Labute approximate surface area is 186 Å². The fraction of sp³-hybridized carbons (Fsp3) is 0.0714. The lowest BCUT2D eigenvalue weighted by atomic mass is 9.99.